The molecule has 2 aromatic carbocycles. The summed E-state index contributed by atoms with van der Waals surface area (Å²) in [6.45, 7) is 5.71. The minimum atomic E-state index is 0.172. The number of hydrogen-bond acceptors (Lipinski definition) is 6. The fourth-order valence-corrected chi connectivity index (χ4v) is 5.69. The molecule has 1 aromatic heterocycles. The van der Waals surface area contributed by atoms with Gasteiger partial charge in [-0.3, -0.25) is 15.3 Å². The molecule has 2 saturated heterocycles. The number of benzene rings is 2. The fourth-order valence-electron chi connectivity index (χ4n) is 5.69. The molecule has 3 heterocycles. The van der Waals surface area contributed by atoms with Crippen LogP contribution in [0, 0.1) is 16.2 Å². The van der Waals surface area contributed by atoms with E-state index in [4.69, 9.17) is 16.6 Å². The lowest BCUT2D eigenvalue weighted by atomic mass is 9.86. The normalized spacial score (nSPS) is 20.5. The first-order valence-electron chi connectivity index (χ1n) is 12.4. The molecule has 0 amide bonds. The Morgan fingerprint density at radius 1 is 0.971 bits per heavy atom. The van der Waals surface area contributed by atoms with Crippen LogP contribution in [-0.2, 0) is 13.0 Å². The summed E-state index contributed by atoms with van der Waals surface area (Å²) in [7, 11) is 2.23. The molecule has 5 rings (SSSR count). The highest BCUT2D eigenvalue weighted by Gasteiger charge is 2.42. The van der Waals surface area contributed by atoms with Crippen molar-refractivity contribution >= 4 is 17.1 Å². The molecule has 6 nitrogen and oxygen atoms in total. The Morgan fingerprint density at radius 2 is 1.80 bits per heavy atom. The molecular formula is C29H34N6. The average Bonchev–Trinajstić information content (AvgIpc) is 3.43. The van der Waals surface area contributed by atoms with Crippen molar-refractivity contribution < 1.29 is 0 Å². The number of nitrogens with zero attached hydrogens (tertiary/aromatic N) is 3. The van der Waals surface area contributed by atoms with E-state index in [0.29, 0.717) is 23.1 Å². The largest absolute Gasteiger partial charge is 0.398 e. The number of rotatable bonds is 7. The Morgan fingerprint density at radius 3 is 2.57 bits per heavy atom. The van der Waals surface area contributed by atoms with Crippen LogP contribution in [-0.4, -0.2) is 59.4 Å². The lowest BCUT2D eigenvalue weighted by Crippen LogP contribution is -2.29. The van der Waals surface area contributed by atoms with E-state index in [-0.39, 0.29) is 11.4 Å². The van der Waals surface area contributed by atoms with Crippen LogP contribution in [0.4, 0.5) is 5.69 Å². The first-order chi connectivity index (χ1) is 16.9. The van der Waals surface area contributed by atoms with E-state index in [9.17, 15) is 0 Å². The van der Waals surface area contributed by atoms with Crippen LogP contribution in [0.5, 0.6) is 0 Å². The molecule has 0 radical (unpaired) electrons. The van der Waals surface area contributed by atoms with E-state index < -0.39 is 0 Å². The van der Waals surface area contributed by atoms with Gasteiger partial charge in [-0.15, -0.1) is 0 Å². The number of pyridine rings is 1. The molecule has 1 spiro atoms. The Hall–Kier alpha value is -3.35. The van der Waals surface area contributed by atoms with Crippen LogP contribution in [0.2, 0.25) is 0 Å². The summed E-state index contributed by atoms with van der Waals surface area (Å²) in [4.78, 5) is 9.23. The maximum absolute atomic E-state index is 8.70. The van der Waals surface area contributed by atoms with Crippen LogP contribution < -0.4 is 5.73 Å². The molecule has 0 bridgehead atoms. The number of anilines is 1. The molecule has 2 aliphatic rings. The molecule has 1 atom stereocenters. The molecular weight excluding hydrogens is 432 g/mol. The molecule has 2 aliphatic heterocycles. The highest BCUT2D eigenvalue weighted by molar-refractivity contribution is 6.47. The first-order valence-corrected chi connectivity index (χ1v) is 12.4. The fraction of sp³-hybridized carbons (Fsp3) is 0.345. The second kappa shape index (κ2) is 9.72. The van der Waals surface area contributed by atoms with Gasteiger partial charge in [0.15, 0.2) is 0 Å². The second-order valence-electron chi connectivity index (χ2n) is 10.3. The summed E-state index contributed by atoms with van der Waals surface area (Å²) in [5.74, 6) is 0. The Labute approximate surface area is 207 Å². The minimum Gasteiger partial charge on any atom is -0.398 e. The summed E-state index contributed by atoms with van der Waals surface area (Å²) < 4.78 is 0. The zero-order valence-electron chi connectivity index (χ0n) is 20.4. The Kier molecular flexibility index (Phi) is 6.50. The molecule has 4 N–H and O–H groups in total. The maximum atomic E-state index is 8.70. The molecule has 0 saturated carbocycles. The van der Waals surface area contributed by atoms with Gasteiger partial charge in [-0.25, -0.2) is 0 Å². The standard InChI is InChI=1S/C29H34N6/c1-34-12-9-29(19-34)10-13-35(20-29)18-22-5-2-4-21(14-22)15-27(31)28(32)25-16-23(7-8-26(25)30)24-6-3-11-33-17-24/h2-8,11,14,16-17,31-32H,9-10,12-13,15,18-20,30H2,1H3. The lowest BCUT2D eigenvalue weighted by Gasteiger charge is -2.24. The van der Waals surface area contributed by atoms with Crippen molar-refractivity contribution in [3.63, 3.8) is 0 Å². The molecule has 180 valence electrons. The highest BCUT2D eigenvalue weighted by atomic mass is 15.2. The van der Waals surface area contributed by atoms with Crippen molar-refractivity contribution in [1.29, 1.82) is 10.8 Å². The van der Waals surface area contributed by atoms with Crippen LogP contribution in [0.1, 0.15) is 29.5 Å². The number of nitrogens with two attached hydrogens (primary N) is 1. The molecule has 3 aromatic rings. The van der Waals surface area contributed by atoms with E-state index in [0.717, 1.165) is 29.8 Å². The van der Waals surface area contributed by atoms with Crippen LogP contribution in [0.3, 0.4) is 0 Å². The Bertz CT molecular complexity index is 1240. The lowest BCUT2D eigenvalue weighted by molar-refractivity contribution is 0.250. The van der Waals surface area contributed by atoms with E-state index >= 15 is 0 Å². The van der Waals surface area contributed by atoms with Gasteiger partial charge in [0.1, 0.15) is 0 Å². The molecule has 35 heavy (non-hydrogen) atoms. The Balaban J connectivity index is 1.25. The number of nitrogen functional groups attached to an aromatic ring is 1. The van der Waals surface area contributed by atoms with Crippen molar-refractivity contribution in [3.8, 4) is 11.1 Å². The smallest absolute Gasteiger partial charge is 0.0844 e. The van der Waals surface area contributed by atoms with Crippen molar-refractivity contribution in [2.24, 2.45) is 5.41 Å². The van der Waals surface area contributed by atoms with Gasteiger partial charge >= 0.3 is 0 Å². The molecule has 1 unspecified atom stereocenters. The molecule has 2 fully saturated rings. The second-order valence-corrected chi connectivity index (χ2v) is 10.3. The van der Waals surface area contributed by atoms with Gasteiger partial charge in [0.25, 0.3) is 0 Å². The zero-order valence-corrected chi connectivity index (χ0v) is 20.4. The van der Waals surface area contributed by atoms with Crippen molar-refractivity contribution in [2.75, 3.05) is 39.0 Å². The van der Waals surface area contributed by atoms with Crippen molar-refractivity contribution in [3.05, 3.63) is 83.7 Å². The van der Waals surface area contributed by atoms with Gasteiger partial charge in [0.2, 0.25) is 0 Å². The topological polar surface area (TPSA) is 93.1 Å². The van der Waals surface area contributed by atoms with Crippen molar-refractivity contribution in [1.82, 2.24) is 14.8 Å². The van der Waals surface area contributed by atoms with Gasteiger partial charge < -0.3 is 16.0 Å². The predicted molar refractivity (Wildman–Crippen MR) is 143 cm³/mol. The van der Waals surface area contributed by atoms with Crippen LogP contribution in [0.25, 0.3) is 11.1 Å². The number of likely N-dealkylation sites (tertiary alicyclic amines) is 2. The third-order valence-corrected chi connectivity index (χ3v) is 7.54. The predicted octanol–water partition coefficient (Wildman–Crippen LogP) is 4.49. The third-order valence-electron chi connectivity index (χ3n) is 7.54. The van der Waals surface area contributed by atoms with E-state index in [1.54, 1.807) is 12.4 Å². The van der Waals surface area contributed by atoms with Crippen molar-refractivity contribution in [2.45, 2.75) is 25.8 Å². The summed E-state index contributed by atoms with van der Waals surface area (Å²) >= 11 is 0. The summed E-state index contributed by atoms with van der Waals surface area (Å²) in [6.07, 6.45) is 6.55. The van der Waals surface area contributed by atoms with Gasteiger partial charge in [-0.05, 0) is 73.3 Å². The number of nitrogens with one attached hydrogen (secondary N) is 2. The van der Waals surface area contributed by atoms with Gasteiger partial charge in [-0.1, -0.05) is 36.4 Å². The van der Waals surface area contributed by atoms with Crippen LogP contribution in [0.15, 0.2) is 67.0 Å². The number of aromatic nitrogens is 1. The third kappa shape index (κ3) is 5.19. The summed E-state index contributed by atoms with van der Waals surface area (Å²) in [5.41, 5.74) is 12.5. The SMILES string of the molecule is CN1CCC2(CCN(Cc3cccc(CC(=N)C(=N)c4cc(-c5cccnc5)ccc4N)c3)C2)C1. The zero-order chi connectivity index (χ0) is 24.4. The van der Waals surface area contributed by atoms with Crippen LogP contribution >= 0.6 is 0 Å². The van der Waals surface area contributed by atoms with E-state index in [1.807, 2.05) is 30.3 Å². The van der Waals surface area contributed by atoms with E-state index in [2.05, 4.69) is 46.1 Å². The minimum absolute atomic E-state index is 0.172. The highest BCUT2D eigenvalue weighted by Crippen LogP contribution is 2.39. The quantitative estimate of drug-likeness (QED) is 0.353. The molecule has 0 aliphatic carbocycles. The maximum Gasteiger partial charge on any atom is 0.0844 e. The first kappa shape index (κ1) is 23.4. The monoisotopic (exact) mass is 466 g/mol. The van der Waals surface area contributed by atoms with Gasteiger partial charge in [-0.2, -0.15) is 0 Å². The average molecular weight is 467 g/mol. The number of hydrogen-bond donors (Lipinski definition) is 3. The van der Waals surface area contributed by atoms with E-state index in [1.165, 1.54) is 38.0 Å². The van der Waals surface area contributed by atoms with Gasteiger partial charge in [0, 0.05) is 55.3 Å². The van der Waals surface area contributed by atoms with Gasteiger partial charge in [0.05, 0.1) is 11.4 Å². The molecule has 6 heteroatoms. The summed E-state index contributed by atoms with van der Waals surface area (Å²) in [6, 6.07) is 18.0. The summed E-state index contributed by atoms with van der Waals surface area (Å²) in [5, 5.41) is 17.4.